The largest absolute Gasteiger partial charge is 0.495 e. The summed E-state index contributed by atoms with van der Waals surface area (Å²) in [5, 5.41) is 3.11. The van der Waals surface area contributed by atoms with Gasteiger partial charge in [0.15, 0.2) is 0 Å². The fourth-order valence-corrected chi connectivity index (χ4v) is 3.29. The molecule has 0 heterocycles. The molecule has 6 nitrogen and oxygen atoms in total. The van der Waals surface area contributed by atoms with Crippen molar-refractivity contribution in [2.24, 2.45) is 0 Å². The zero-order valence-corrected chi connectivity index (χ0v) is 14.7. The number of nitrogens with one attached hydrogen (secondary N) is 2. The van der Waals surface area contributed by atoms with E-state index in [2.05, 4.69) is 10.0 Å². The SMILES string of the molecule is COc1cc(S(=O)(=O)NCc2cccc(Cl)c2)ccc1NC(C)=O. The lowest BCUT2D eigenvalue weighted by Gasteiger charge is -2.12. The molecule has 128 valence electrons. The van der Waals surface area contributed by atoms with Crippen LogP contribution in [0.1, 0.15) is 12.5 Å². The van der Waals surface area contributed by atoms with E-state index in [9.17, 15) is 13.2 Å². The maximum Gasteiger partial charge on any atom is 0.241 e. The molecule has 0 bridgehead atoms. The van der Waals surface area contributed by atoms with Gasteiger partial charge in [0, 0.05) is 24.6 Å². The molecule has 0 aliphatic rings. The number of carbonyl (C=O) groups excluding carboxylic acids is 1. The van der Waals surface area contributed by atoms with E-state index >= 15 is 0 Å². The van der Waals surface area contributed by atoms with Crippen LogP contribution in [0.4, 0.5) is 5.69 Å². The van der Waals surface area contributed by atoms with E-state index in [1.54, 1.807) is 24.3 Å². The van der Waals surface area contributed by atoms with Crippen LogP contribution in [-0.4, -0.2) is 21.4 Å². The van der Waals surface area contributed by atoms with Crippen molar-refractivity contribution in [3.8, 4) is 5.75 Å². The van der Waals surface area contributed by atoms with Gasteiger partial charge >= 0.3 is 0 Å². The summed E-state index contributed by atoms with van der Waals surface area (Å²) in [7, 11) is -2.34. The normalized spacial score (nSPS) is 11.1. The first-order chi connectivity index (χ1) is 11.3. The number of rotatable bonds is 6. The van der Waals surface area contributed by atoms with Gasteiger partial charge in [0.25, 0.3) is 0 Å². The fourth-order valence-electron chi connectivity index (χ4n) is 2.04. The van der Waals surface area contributed by atoms with Crippen molar-refractivity contribution in [3.05, 3.63) is 53.1 Å². The Morgan fingerprint density at radius 1 is 1.21 bits per heavy atom. The highest BCUT2D eigenvalue weighted by atomic mass is 35.5. The highest BCUT2D eigenvalue weighted by Gasteiger charge is 2.17. The minimum Gasteiger partial charge on any atom is -0.495 e. The van der Waals surface area contributed by atoms with Crippen LogP contribution in [0.25, 0.3) is 0 Å². The molecular weight excluding hydrogens is 352 g/mol. The summed E-state index contributed by atoms with van der Waals surface area (Å²) < 4.78 is 32.4. The van der Waals surface area contributed by atoms with Gasteiger partial charge in [0.05, 0.1) is 17.7 Å². The highest BCUT2D eigenvalue weighted by Crippen LogP contribution is 2.27. The number of hydrogen-bond donors (Lipinski definition) is 2. The molecule has 0 aliphatic carbocycles. The Bertz CT molecular complexity index is 853. The summed E-state index contributed by atoms with van der Waals surface area (Å²) in [5.74, 6) is -0.0150. The second-order valence-corrected chi connectivity index (χ2v) is 7.20. The predicted molar refractivity (Wildman–Crippen MR) is 92.8 cm³/mol. The molecule has 0 fully saturated rings. The van der Waals surface area contributed by atoms with Crippen LogP contribution in [0.15, 0.2) is 47.4 Å². The van der Waals surface area contributed by atoms with E-state index in [-0.39, 0.29) is 23.1 Å². The summed E-state index contributed by atoms with van der Waals surface area (Å²) in [5.41, 5.74) is 1.15. The molecule has 0 saturated heterocycles. The average Bonchev–Trinajstić information content (AvgIpc) is 2.53. The smallest absolute Gasteiger partial charge is 0.241 e. The van der Waals surface area contributed by atoms with Crippen LogP contribution < -0.4 is 14.8 Å². The minimum atomic E-state index is -3.73. The Labute approximate surface area is 145 Å². The third-order valence-electron chi connectivity index (χ3n) is 3.15. The first kappa shape index (κ1) is 18.3. The molecule has 2 aromatic carbocycles. The van der Waals surface area contributed by atoms with Crippen molar-refractivity contribution in [2.75, 3.05) is 12.4 Å². The molecule has 2 rings (SSSR count). The van der Waals surface area contributed by atoms with Crippen LogP contribution in [0.3, 0.4) is 0 Å². The van der Waals surface area contributed by atoms with Crippen LogP contribution in [-0.2, 0) is 21.4 Å². The zero-order valence-electron chi connectivity index (χ0n) is 13.2. The number of sulfonamides is 1. The van der Waals surface area contributed by atoms with Gasteiger partial charge in [-0.05, 0) is 29.8 Å². The highest BCUT2D eigenvalue weighted by molar-refractivity contribution is 7.89. The average molecular weight is 369 g/mol. The Morgan fingerprint density at radius 3 is 2.58 bits per heavy atom. The Morgan fingerprint density at radius 2 is 1.96 bits per heavy atom. The van der Waals surface area contributed by atoms with Crippen LogP contribution in [0, 0.1) is 0 Å². The van der Waals surface area contributed by atoms with E-state index in [0.29, 0.717) is 10.7 Å². The molecule has 0 spiro atoms. The van der Waals surface area contributed by atoms with Gasteiger partial charge in [-0.3, -0.25) is 4.79 Å². The van der Waals surface area contributed by atoms with E-state index in [0.717, 1.165) is 5.56 Å². The molecule has 0 unspecified atom stereocenters. The van der Waals surface area contributed by atoms with Crippen molar-refractivity contribution < 1.29 is 17.9 Å². The van der Waals surface area contributed by atoms with Gasteiger partial charge in [-0.25, -0.2) is 13.1 Å². The number of amides is 1. The summed E-state index contributed by atoms with van der Waals surface area (Å²) in [6.45, 7) is 1.47. The van der Waals surface area contributed by atoms with Crippen molar-refractivity contribution >= 4 is 33.2 Å². The molecule has 8 heteroatoms. The Balaban J connectivity index is 2.21. The van der Waals surface area contributed by atoms with Crippen molar-refractivity contribution in [3.63, 3.8) is 0 Å². The van der Waals surface area contributed by atoms with Gasteiger partial charge < -0.3 is 10.1 Å². The molecule has 0 saturated carbocycles. The zero-order chi connectivity index (χ0) is 17.7. The summed E-state index contributed by atoms with van der Waals surface area (Å²) >= 11 is 5.88. The second kappa shape index (κ2) is 7.65. The van der Waals surface area contributed by atoms with Gasteiger partial charge in [-0.15, -0.1) is 0 Å². The van der Waals surface area contributed by atoms with Crippen LogP contribution in [0.2, 0.25) is 5.02 Å². The van der Waals surface area contributed by atoms with Crippen LogP contribution >= 0.6 is 11.6 Å². The van der Waals surface area contributed by atoms with E-state index in [1.165, 1.54) is 32.2 Å². The molecule has 0 atom stereocenters. The van der Waals surface area contributed by atoms with Crippen molar-refractivity contribution in [1.29, 1.82) is 0 Å². The van der Waals surface area contributed by atoms with E-state index < -0.39 is 10.0 Å². The molecule has 2 N–H and O–H groups in total. The number of halogens is 1. The van der Waals surface area contributed by atoms with Crippen LogP contribution in [0.5, 0.6) is 5.75 Å². The van der Waals surface area contributed by atoms with E-state index in [4.69, 9.17) is 16.3 Å². The van der Waals surface area contributed by atoms with E-state index in [1.807, 2.05) is 0 Å². The number of methoxy groups -OCH3 is 1. The van der Waals surface area contributed by atoms with Crippen molar-refractivity contribution in [1.82, 2.24) is 4.72 Å². The quantitative estimate of drug-likeness (QED) is 0.821. The standard InChI is InChI=1S/C16H17ClN2O4S/c1-11(20)19-15-7-6-14(9-16(15)23-2)24(21,22)18-10-12-4-3-5-13(17)8-12/h3-9,18H,10H2,1-2H3,(H,19,20). The molecule has 0 radical (unpaired) electrons. The number of anilines is 1. The van der Waals surface area contributed by atoms with Gasteiger partial charge in [-0.2, -0.15) is 0 Å². The minimum absolute atomic E-state index is 0.0375. The lowest BCUT2D eigenvalue weighted by atomic mass is 10.2. The summed E-state index contributed by atoms with van der Waals surface area (Å²) in [6, 6.07) is 11.1. The molecule has 0 aliphatic heterocycles. The number of ether oxygens (including phenoxy) is 1. The number of benzene rings is 2. The molecule has 1 amide bonds. The molecule has 0 aromatic heterocycles. The predicted octanol–water partition coefficient (Wildman–Crippen LogP) is 2.79. The first-order valence-electron chi connectivity index (χ1n) is 7.01. The number of hydrogen-bond acceptors (Lipinski definition) is 4. The monoisotopic (exact) mass is 368 g/mol. The van der Waals surface area contributed by atoms with Crippen molar-refractivity contribution in [2.45, 2.75) is 18.4 Å². The fraction of sp³-hybridized carbons (Fsp3) is 0.188. The van der Waals surface area contributed by atoms with Gasteiger partial charge in [0.2, 0.25) is 15.9 Å². The summed E-state index contributed by atoms with van der Waals surface area (Å²) in [6.07, 6.45) is 0. The maximum atomic E-state index is 12.4. The Hall–Kier alpha value is -2.09. The van der Waals surface area contributed by atoms with Gasteiger partial charge in [-0.1, -0.05) is 23.7 Å². The third-order valence-corrected chi connectivity index (χ3v) is 4.78. The Kier molecular flexibility index (Phi) is 5.82. The molecule has 2 aromatic rings. The topological polar surface area (TPSA) is 84.5 Å². The molecular formula is C16H17ClN2O4S. The van der Waals surface area contributed by atoms with Gasteiger partial charge in [0.1, 0.15) is 5.75 Å². The lowest BCUT2D eigenvalue weighted by Crippen LogP contribution is -2.23. The lowest BCUT2D eigenvalue weighted by molar-refractivity contribution is -0.114. The molecule has 24 heavy (non-hydrogen) atoms. The third kappa shape index (κ3) is 4.70. The second-order valence-electron chi connectivity index (χ2n) is 5.00. The maximum absolute atomic E-state index is 12.4. The summed E-state index contributed by atoms with van der Waals surface area (Å²) in [4.78, 5) is 11.2. The first-order valence-corrected chi connectivity index (χ1v) is 8.87. The number of carbonyl (C=O) groups is 1.